The van der Waals surface area contributed by atoms with E-state index in [1.54, 1.807) is 7.11 Å². The molecule has 1 amide bonds. The molecule has 0 atom stereocenters. The average molecular weight is 299 g/mol. The Bertz CT molecular complexity index is 584. The summed E-state index contributed by atoms with van der Waals surface area (Å²) in [5.74, 6) is 1.48. The molecule has 0 aromatic heterocycles. The van der Waals surface area contributed by atoms with Crippen LogP contribution in [0.4, 0.5) is 0 Å². The third-order valence-electron chi connectivity index (χ3n) is 3.25. The highest BCUT2D eigenvalue weighted by atomic mass is 16.5. The molecule has 0 fully saturated rings. The SMILES string of the molecule is COc1ccccc1CCCNC(=O)COc1ccccc1. The number of carbonyl (C=O) groups excluding carboxylic acids is 1. The second-order valence-electron chi connectivity index (χ2n) is 4.87. The quantitative estimate of drug-likeness (QED) is 0.763. The van der Waals surface area contributed by atoms with Gasteiger partial charge in [0.15, 0.2) is 6.61 Å². The molecule has 0 radical (unpaired) electrons. The van der Waals surface area contributed by atoms with Crippen LogP contribution >= 0.6 is 0 Å². The summed E-state index contributed by atoms with van der Waals surface area (Å²) in [5, 5.41) is 2.86. The Balaban J connectivity index is 1.65. The molecule has 4 nitrogen and oxygen atoms in total. The number of hydrogen-bond donors (Lipinski definition) is 1. The summed E-state index contributed by atoms with van der Waals surface area (Å²) in [6.07, 6.45) is 1.72. The van der Waals surface area contributed by atoms with Gasteiger partial charge >= 0.3 is 0 Å². The number of amides is 1. The van der Waals surface area contributed by atoms with E-state index in [1.165, 1.54) is 0 Å². The van der Waals surface area contributed by atoms with E-state index in [0.717, 1.165) is 24.2 Å². The van der Waals surface area contributed by atoms with Crippen molar-refractivity contribution in [1.29, 1.82) is 0 Å². The summed E-state index contributed by atoms with van der Waals surface area (Å²) >= 11 is 0. The zero-order valence-electron chi connectivity index (χ0n) is 12.7. The topological polar surface area (TPSA) is 47.6 Å². The predicted molar refractivity (Wildman–Crippen MR) is 86.3 cm³/mol. The first-order valence-corrected chi connectivity index (χ1v) is 7.36. The van der Waals surface area contributed by atoms with Crippen LogP contribution in [0.15, 0.2) is 54.6 Å². The normalized spacial score (nSPS) is 10.0. The van der Waals surface area contributed by atoms with Crippen molar-refractivity contribution < 1.29 is 14.3 Å². The van der Waals surface area contributed by atoms with Crippen molar-refractivity contribution in [2.75, 3.05) is 20.3 Å². The highest BCUT2D eigenvalue weighted by molar-refractivity contribution is 5.77. The van der Waals surface area contributed by atoms with Crippen LogP contribution in [0.2, 0.25) is 0 Å². The molecule has 0 saturated carbocycles. The third-order valence-corrected chi connectivity index (χ3v) is 3.25. The van der Waals surface area contributed by atoms with E-state index in [-0.39, 0.29) is 12.5 Å². The first-order chi connectivity index (χ1) is 10.8. The van der Waals surface area contributed by atoms with Crippen molar-refractivity contribution in [1.82, 2.24) is 5.32 Å². The summed E-state index contributed by atoms with van der Waals surface area (Å²) in [4.78, 5) is 11.7. The van der Waals surface area contributed by atoms with Crippen LogP contribution in [-0.2, 0) is 11.2 Å². The number of para-hydroxylation sites is 2. The van der Waals surface area contributed by atoms with Gasteiger partial charge in [0.25, 0.3) is 5.91 Å². The van der Waals surface area contributed by atoms with Crippen molar-refractivity contribution in [2.45, 2.75) is 12.8 Å². The lowest BCUT2D eigenvalue weighted by molar-refractivity contribution is -0.123. The van der Waals surface area contributed by atoms with Crippen LogP contribution in [0, 0.1) is 0 Å². The average Bonchev–Trinajstić information content (AvgIpc) is 2.58. The Morgan fingerprint density at radius 1 is 1.05 bits per heavy atom. The molecule has 2 aromatic carbocycles. The Kier molecular flexibility index (Phi) is 6.30. The van der Waals surface area contributed by atoms with Gasteiger partial charge < -0.3 is 14.8 Å². The smallest absolute Gasteiger partial charge is 0.257 e. The van der Waals surface area contributed by atoms with Gasteiger partial charge in [0.2, 0.25) is 0 Å². The van der Waals surface area contributed by atoms with Crippen molar-refractivity contribution >= 4 is 5.91 Å². The number of nitrogens with one attached hydrogen (secondary N) is 1. The molecular weight excluding hydrogens is 278 g/mol. The standard InChI is InChI=1S/C18H21NO3/c1-21-17-12-6-5-8-15(17)9-7-13-19-18(20)14-22-16-10-3-2-4-11-16/h2-6,8,10-12H,7,9,13-14H2,1H3,(H,19,20). The van der Waals surface area contributed by atoms with Gasteiger partial charge in [0.05, 0.1) is 7.11 Å². The molecule has 22 heavy (non-hydrogen) atoms. The molecule has 0 aliphatic carbocycles. The fourth-order valence-corrected chi connectivity index (χ4v) is 2.13. The summed E-state index contributed by atoms with van der Waals surface area (Å²) in [7, 11) is 1.67. The van der Waals surface area contributed by atoms with Crippen LogP contribution in [0.3, 0.4) is 0 Å². The molecule has 1 N–H and O–H groups in total. The molecule has 0 heterocycles. The van der Waals surface area contributed by atoms with Gasteiger partial charge in [-0.2, -0.15) is 0 Å². The zero-order chi connectivity index (χ0) is 15.6. The summed E-state index contributed by atoms with van der Waals surface area (Å²) in [5.41, 5.74) is 1.15. The van der Waals surface area contributed by atoms with Gasteiger partial charge in [-0.05, 0) is 36.6 Å². The van der Waals surface area contributed by atoms with Gasteiger partial charge in [0, 0.05) is 6.54 Å². The summed E-state index contributed by atoms with van der Waals surface area (Å²) in [6.45, 7) is 0.660. The molecule has 0 aliphatic rings. The van der Waals surface area contributed by atoms with Crippen molar-refractivity contribution in [3.63, 3.8) is 0 Å². The van der Waals surface area contributed by atoms with Crippen molar-refractivity contribution in [3.05, 3.63) is 60.2 Å². The molecule has 0 unspecified atom stereocenters. The Labute approximate surface area is 131 Å². The molecule has 116 valence electrons. The molecule has 0 saturated heterocycles. The predicted octanol–water partition coefficient (Wildman–Crippen LogP) is 2.82. The largest absolute Gasteiger partial charge is 0.496 e. The lowest BCUT2D eigenvalue weighted by Crippen LogP contribution is -2.29. The van der Waals surface area contributed by atoms with E-state index in [9.17, 15) is 4.79 Å². The van der Waals surface area contributed by atoms with Crippen molar-refractivity contribution in [3.8, 4) is 11.5 Å². The number of methoxy groups -OCH3 is 1. The minimum Gasteiger partial charge on any atom is -0.496 e. The lowest BCUT2D eigenvalue weighted by Gasteiger charge is -2.09. The fraction of sp³-hybridized carbons (Fsp3) is 0.278. The number of ether oxygens (including phenoxy) is 2. The van der Waals surface area contributed by atoms with Gasteiger partial charge in [0.1, 0.15) is 11.5 Å². The van der Waals surface area contributed by atoms with Crippen LogP contribution in [0.1, 0.15) is 12.0 Å². The third kappa shape index (κ3) is 5.13. The number of benzene rings is 2. The lowest BCUT2D eigenvalue weighted by atomic mass is 10.1. The molecule has 2 aromatic rings. The van der Waals surface area contributed by atoms with Crippen LogP contribution < -0.4 is 14.8 Å². The van der Waals surface area contributed by atoms with Gasteiger partial charge in [-0.3, -0.25) is 4.79 Å². The van der Waals surface area contributed by atoms with E-state index in [2.05, 4.69) is 5.32 Å². The molecule has 0 aliphatic heterocycles. The number of hydrogen-bond acceptors (Lipinski definition) is 3. The molecule has 0 bridgehead atoms. The minimum atomic E-state index is -0.108. The molecule has 4 heteroatoms. The Morgan fingerprint density at radius 3 is 2.55 bits per heavy atom. The van der Waals surface area contributed by atoms with E-state index in [4.69, 9.17) is 9.47 Å². The highest BCUT2D eigenvalue weighted by Gasteiger charge is 2.04. The maximum Gasteiger partial charge on any atom is 0.257 e. The number of rotatable bonds is 8. The van der Waals surface area contributed by atoms with Gasteiger partial charge in [-0.1, -0.05) is 36.4 Å². The fourth-order valence-electron chi connectivity index (χ4n) is 2.13. The first kappa shape index (κ1) is 15.9. The van der Waals surface area contributed by atoms with Crippen LogP contribution in [-0.4, -0.2) is 26.2 Å². The first-order valence-electron chi connectivity index (χ1n) is 7.36. The van der Waals surface area contributed by atoms with Gasteiger partial charge in [-0.25, -0.2) is 0 Å². The Morgan fingerprint density at radius 2 is 1.77 bits per heavy atom. The number of aryl methyl sites for hydroxylation is 1. The van der Waals surface area contributed by atoms with Crippen molar-refractivity contribution in [2.24, 2.45) is 0 Å². The van der Waals surface area contributed by atoms with E-state index < -0.39 is 0 Å². The van der Waals surface area contributed by atoms with Crippen LogP contribution in [0.5, 0.6) is 11.5 Å². The maximum atomic E-state index is 11.7. The van der Waals surface area contributed by atoms with E-state index >= 15 is 0 Å². The Hall–Kier alpha value is -2.49. The minimum absolute atomic E-state index is 0.0403. The summed E-state index contributed by atoms with van der Waals surface area (Å²) in [6, 6.07) is 17.2. The van der Waals surface area contributed by atoms with E-state index in [1.807, 2.05) is 54.6 Å². The van der Waals surface area contributed by atoms with E-state index in [0.29, 0.717) is 12.3 Å². The second-order valence-corrected chi connectivity index (χ2v) is 4.87. The van der Waals surface area contributed by atoms with Gasteiger partial charge in [-0.15, -0.1) is 0 Å². The molecule has 0 spiro atoms. The number of carbonyl (C=O) groups is 1. The maximum absolute atomic E-state index is 11.7. The highest BCUT2D eigenvalue weighted by Crippen LogP contribution is 2.18. The zero-order valence-corrected chi connectivity index (χ0v) is 12.7. The summed E-state index contributed by atoms with van der Waals surface area (Å²) < 4.78 is 10.7. The van der Waals surface area contributed by atoms with Crippen LogP contribution in [0.25, 0.3) is 0 Å². The molecule has 2 rings (SSSR count). The molecular formula is C18H21NO3. The monoisotopic (exact) mass is 299 g/mol. The second kappa shape index (κ2) is 8.72.